The third kappa shape index (κ3) is 2.92. The highest BCUT2D eigenvalue weighted by atomic mass is 16.6. The van der Waals surface area contributed by atoms with Crippen molar-refractivity contribution >= 4 is 0 Å². The molecule has 3 rings (SSSR count). The number of aryl methyl sites for hydroxylation is 1. The van der Waals surface area contributed by atoms with E-state index in [1.165, 1.54) is 5.56 Å². The van der Waals surface area contributed by atoms with Crippen LogP contribution in [0.1, 0.15) is 31.3 Å². The summed E-state index contributed by atoms with van der Waals surface area (Å²) in [5.41, 5.74) is 1.20. The van der Waals surface area contributed by atoms with Gasteiger partial charge < -0.3 is 9.47 Å². The van der Waals surface area contributed by atoms with E-state index in [0.29, 0.717) is 13.2 Å². The minimum atomic E-state index is 0.248. The summed E-state index contributed by atoms with van der Waals surface area (Å²) in [7, 11) is 2.09. The lowest BCUT2D eigenvalue weighted by molar-refractivity contribution is 0.170. The van der Waals surface area contributed by atoms with Gasteiger partial charge in [-0.15, -0.1) is 0 Å². The van der Waals surface area contributed by atoms with Gasteiger partial charge in [0.1, 0.15) is 25.4 Å². The summed E-state index contributed by atoms with van der Waals surface area (Å²) in [5.74, 6) is 2.64. The van der Waals surface area contributed by atoms with Gasteiger partial charge in [0, 0.05) is 12.6 Å². The highest BCUT2D eigenvalue weighted by Gasteiger charge is 2.18. The maximum atomic E-state index is 5.67. The summed E-state index contributed by atoms with van der Waals surface area (Å²) in [5, 5.41) is 4.22. The molecule has 0 saturated carbocycles. The Morgan fingerprint density at radius 1 is 1.27 bits per heavy atom. The van der Waals surface area contributed by atoms with Crippen LogP contribution in [0.25, 0.3) is 0 Å². The van der Waals surface area contributed by atoms with Crippen molar-refractivity contribution in [3.05, 3.63) is 35.9 Å². The van der Waals surface area contributed by atoms with Gasteiger partial charge in [-0.2, -0.15) is 5.10 Å². The summed E-state index contributed by atoms with van der Waals surface area (Å²) in [6, 6.07) is 6.40. The molecule has 0 radical (unpaired) electrons. The molecule has 0 amide bonds. The number of hydrogen-bond acceptors (Lipinski definition) is 5. The lowest BCUT2D eigenvalue weighted by Crippen LogP contribution is -2.24. The fraction of sp³-hybridized carbons (Fsp3) is 0.500. The fourth-order valence-electron chi connectivity index (χ4n) is 2.61. The monoisotopic (exact) mass is 302 g/mol. The second-order valence-corrected chi connectivity index (χ2v) is 5.49. The molecule has 1 atom stereocenters. The molecule has 118 valence electrons. The molecule has 0 N–H and O–H groups in total. The first-order valence-electron chi connectivity index (χ1n) is 7.65. The van der Waals surface area contributed by atoms with E-state index in [2.05, 4.69) is 48.0 Å². The molecule has 1 aliphatic heterocycles. The van der Waals surface area contributed by atoms with Gasteiger partial charge in [0.15, 0.2) is 11.5 Å². The summed E-state index contributed by atoms with van der Waals surface area (Å²) in [4.78, 5) is 6.59. The van der Waals surface area contributed by atoms with E-state index < -0.39 is 0 Å². The minimum Gasteiger partial charge on any atom is -0.486 e. The number of fused-ring (bicyclic) bond motifs is 1. The van der Waals surface area contributed by atoms with Gasteiger partial charge in [0.05, 0.1) is 6.54 Å². The van der Waals surface area contributed by atoms with Crippen LogP contribution in [0.3, 0.4) is 0 Å². The summed E-state index contributed by atoms with van der Waals surface area (Å²) in [6.45, 7) is 7.07. The maximum absolute atomic E-state index is 5.67. The Morgan fingerprint density at radius 2 is 2.05 bits per heavy atom. The van der Waals surface area contributed by atoms with Crippen LogP contribution < -0.4 is 9.47 Å². The van der Waals surface area contributed by atoms with Crippen molar-refractivity contribution in [2.24, 2.45) is 0 Å². The molecule has 0 aliphatic carbocycles. The molecule has 22 heavy (non-hydrogen) atoms. The molecule has 1 aromatic carbocycles. The highest BCUT2D eigenvalue weighted by molar-refractivity contribution is 5.44. The average molecular weight is 302 g/mol. The zero-order chi connectivity index (χ0) is 15.5. The molecular weight excluding hydrogens is 280 g/mol. The Balaban J connectivity index is 1.74. The van der Waals surface area contributed by atoms with E-state index >= 15 is 0 Å². The van der Waals surface area contributed by atoms with Gasteiger partial charge >= 0.3 is 0 Å². The standard InChI is InChI=1S/C16H22N4O2/c1-4-20-16(17-11-18-20)10-19(3)12(2)13-5-6-14-15(9-13)22-8-7-21-14/h5-6,9,11-12H,4,7-8,10H2,1-3H3. The summed E-state index contributed by atoms with van der Waals surface area (Å²) in [6.07, 6.45) is 1.61. The van der Waals surface area contributed by atoms with Crippen molar-refractivity contribution in [3.8, 4) is 11.5 Å². The topological polar surface area (TPSA) is 52.4 Å². The number of nitrogens with zero attached hydrogens (tertiary/aromatic N) is 4. The van der Waals surface area contributed by atoms with E-state index in [9.17, 15) is 0 Å². The van der Waals surface area contributed by atoms with Crippen molar-refractivity contribution in [1.82, 2.24) is 19.7 Å². The van der Waals surface area contributed by atoms with Gasteiger partial charge in [-0.05, 0) is 38.6 Å². The lowest BCUT2D eigenvalue weighted by Gasteiger charge is -2.26. The molecule has 2 aromatic rings. The molecule has 6 heteroatoms. The van der Waals surface area contributed by atoms with Crippen molar-refractivity contribution in [2.45, 2.75) is 33.0 Å². The van der Waals surface area contributed by atoms with Crippen molar-refractivity contribution in [1.29, 1.82) is 0 Å². The van der Waals surface area contributed by atoms with Crippen LogP contribution in [0.4, 0.5) is 0 Å². The van der Waals surface area contributed by atoms with E-state index in [-0.39, 0.29) is 6.04 Å². The first-order chi connectivity index (χ1) is 10.7. The minimum absolute atomic E-state index is 0.248. The molecule has 1 aliphatic rings. The number of ether oxygens (including phenoxy) is 2. The average Bonchev–Trinajstić information content (AvgIpc) is 3.00. The van der Waals surface area contributed by atoms with Gasteiger partial charge in [-0.25, -0.2) is 9.67 Å². The predicted molar refractivity (Wildman–Crippen MR) is 83.0 cm³/mol. The van der Waals surface area contributed by atoms with Crippen LogP contribution in [0, 0.1) is 0 Å². The first-order valence-corrected chi connectivity index (χ1v) is 7.65. The molecule has 6 nitrogen and oxygen atoms in total. The van der Waals surface area contributed by atoms with Crippen LogP contribution in [-0.4, -0.2) is 39.9 Å². The third-order valence-electron chi connectivity index (χ3n) is 4.10. The predicted octanol–water partition coefficient (Wildman–Crippen LogP) is 2.26. The second kappa shape index (κ2) is 6.36. The second-order valence-electron chi connectivity index (χ2n) is 5.49. The number of aromatic nitrogens is 3. The van der Waals surface area contributed by atoms with Crippen LogP contribution in [0.2, 0.25) is 0 Å². The fourth-order valence-corrected chi connectivity index (χ4v) is 2.61. The summed E-state index contributed by atoms with van der Waals surface area (Å²) >= 11 is 0. The number of hydrogen-bond donors (Lipinski definition) is 0. The molecule has 1 aromatic heterocycles. The molecule has 0 bridgehead atoms. The Kier molecular flexibility index (Phi) is 4.29. The summed E-state index contributed by atoms with van der Waals surface area (Å²) < 4.78 is 13.2. The van der Waals surface area contributed by atoms with Crippen molar-refractivity contribution in [2.75, 3.05) is 20.3 Å². The zero-order valence-corrected chi connectivity index (χ0v) is 13.3. The van der Waals surface area contributed by atoms with Crippen LogP contribution in [-0.2, 0) is 13.1 Å². The molecule has 0 spiro atoms. The largest absolute Gasteiger partial charge is 0.486 e. The zero-order valence-electron chi connectivity index (χ0n) is 13.3. The molecule has 0 fully saturated rings. The Labute approximate surface area is 130 Å². The third-order valence-corrected chi connectivity index (χ3v) is 4.10. The van der Waals surface area contributed by atoms with Gasteiger partial charge in [-0.3, -0.25) is 4.90 Å². The smallest absolute Gasteiger partial charge is 0.161 e. The Morgan fingerprint density at radius 3 is 2.82 bits per heavy atom. The Bertz CT molecular complexity index is 641. The quantitative estimate of drug-likeness (QED) is 0.848. The van der Waals surface area contributed by atoms with Crippen molar-refractivity contribution in [3.63, 3.8) is 0 Å². The first kappa shape index (κ1) is 14.8. The molecule has 0 saturated heterocycles. The number of rotatable bonds is 5. The van der Waals surface area contributed by atoms with Crippen molar-refractivity contribution < 1.29 is 9.47 Å². The van der Waals surface area contributed by atoms with Gasteiger partial charge in [0.25, 0.3) is 0 Å². The Hall–Kier alpha value is -2.08. The van der Waals surface area contributed by atoms with Crippen LogP contribution in [0.5, 0.6) is 11.5 Å². The van der Waals surface area contributed by atoms with Crippen LogP contribution in [0.15, 0.2) is 24.5 Å². The van der Waals surface area contributed by atoms with Gasteiger partial charge in [-0.1, -0.05) is 6.07 Å². The van der Waals surface area contributed by atoms with Gasteiger partial charge in [0.2, 0.25) is 0 Å². The maximum Gasteiger partial charge on any atom is 0.161 e. The van der Waals surface area contributed by atoms with E-state index in [1.807, 2.05) is 10.7 Å². The number of benzene rings is 1. The van der Waals surface area contributed by atoms with E-state index in [1.54, 1.807) is 6.33 Å². The highest BCUT2D eigenvalue weighted by Crippen LogP contribution is 2.33. The molecule has 2 heterocycles. The SMILES string of the molecule is CCn1ncnc1CN(C)C(C)c1ccc2c(c1)OCCO2. The van der Waals surface area contributed by atoms with E-state index in [0.717, 1.165) is 30.4 Å². The lowest BCUT2D eigenvalue weighted by atomic mass is 10.1. The van der Waals surface area contributed by atoms with E-state index in [4.69, 9.17) is 9.47 Å². The van der Waals surface area contributed by atoms with Crippen LogP contribution >= 0.6 is 0 Å². The normalized spacial score (nSPS) is 15.1. The molecular formula is C16H22N4O2. The molecule has 1 unspecified atom stereocenters.